The molecule has 3 aliphatic rings. The summed E-state index contributed by atoms with van der Waals surface area (Å²) in [5.41, 5.74) is 5.65. The third-order valence-corrected chi connectivity index (χ3v) is 6.23. The fourth-order valence-corrected chi connectivity index (χ4v) is 4.80. The van der Waals surface area contributed by atoms with E-state index < -0.39 is 23.4 Å². The fourth-order valence-electron chi connectivity index (χ4n) is 4.80. The van der Waals surface area contributed by atoms with Gasteiger partial charge in [0.15, 0.2) is 0 Å². The Morgan fingerprint density at radius 3 is 2.73 bits per heavy atom. The van der Waals surface area contributed by atoms with E-state index in [1.807, 2.05) is 0 Å². The van der Waals surface area contributed by atoms with Crippen molar-refractivity contribution in [1.29, 1.82) is 0 Å². The summed E-state index contributed by atoms with van der Waals surface area (Å²) in [7, 11) is 0. The molecule has 6 nitrogen and oxygen atoms in total. The van der Waals surface area contributed by atoms with E-state index in [0.29, 0.717) is 36.1 Å². The second-order valence-corrected chi connectivity index (χ2v) is 8.03. The van der Waals surface area contributed by atoms with E-state index in [2.05, 4.69) is 9.98 Å². The largest absolute Gasteiger partial charge is 0.490 e. The molecule has 0 saturated heterocycles. The number of nitrogens with two attached hydrogens (primary N) is 1. The van der Waals surface area contributed by atoms with Crippen LogP contribution >= 0.6 is 0 Å². The normalized spacial score (nSPS) is 30.1. The molecule has 1 spiro atoms. The Kier molecular flexibility index (Phi) is 4.22. The third kappa shape index (κ3) is 2.99. The van der Waals surface area contributed by atoms with E-state index in [4.69, 9.17) is 15.2 Å². The second kappa shape index (κ2) is 6.60. The van der Waals surface area contributed by atoms with Crippen LogP contribution in [0, 0.1) is 5.92 Å². The second-order valence-electron chi connectivity index (χ2n) is 8.03. The molecule has 4 unspecified atom stereocenters. The summed E-state index contributed by atoms with van der Waals surface area (Å²) in [5.74, 6) is 0.449. The van der Waals surface area contributed by atoms with Crippen molar-refractivity contribution < 1.29 is 27.8 Å². The number of rotatable bonds is 1. The van der Waals surface area contributed by atoms with Gasteiger partial charge in [0.2, 0.25) is 0 Å². The fraction of sp³-hybridized carbons (Fsp3) is 0.429. The summed E-state index contributed by atoms with van der Waals surface area (Å²) in [4.78, 5) is 8.73. The minimum absolute atomic E-state index is 0.0595. The summed E-state index contributed by atoms with van der Waals surface area (Å²) in [6, 6.07) is 7.20. The van der Waals surface area contributed by atoms with Crippen molar-refractivity contribution >= 4 is 6.02 Å². The van der Waals surface area contributed by atoms with E-state index in [1.54, 1.807) is 18.2 Å². The molecule has 3 N–H and O–H groups in total. The molecule has 30 heavy (non-hydrogen) atoms. The van der Waals surface area contributed by atoms with Crippen molar-refractivity contribution in [3.63, 3.8) is 0 Å². The highest BCUT2D eigenvalue weighted by Crippen LogP contribution is 2.53. The number of hydrogen-bond acceptors (Lipinski definition) is 6. The Bertz CT molecular complexity index is 1030. The number of alkyl halides is 3. The van der Waals surface area contributed by atoms with Crippen molar-refractivity contribution in [2.75, 3.05) is 6.61 Å². The first kappa shape index (κ1) is 19.2. The number of halogens is 3. The summed E-state index contributed by atoms with van der Waals surface area (Å²) in [6.45, 7) is 0.197. The lowest BCUT2D eigenvalue weighted by Crippen LogP contribution is -2.51. The van der Waals surface area contributed by atoms with Crippen LogP contribution in [0.2, 0.25) is 0 Å². The molecule has 9 heteroatoms. The number of hydrogen-bond donors (Lipinski definition) is 2. The number of pyridine rings is 1. The number of aliphatic imine (C=N–C) groups is 1. The summed E-state index contributed by atoms with van der Waals surface area (Å²) in [6.07, 6.45) is -2.13. The van der Waals surface area contributed by atoms with Crippen molar-refractivity contribution in [2.45, 2.75) is 43.2 Å². The Morgan fingerprint density at radius 1 is 1.17 bits per heavy atom. The molecule has 0 amide bonds. The molecule has 1 saturated carbocycles. The Labute approximate surface area is 170 Å². The number of aromatic nitrogens is 1. The van der Waals surface area contributed by atoms with Gasteiger partial charge in [0.1, 0.15) is 24.0 Å². The number of fused-ring (bicyclic) bond motifs is 4. The molecule has 4 atom stereocenters. The molecular weight excluding hydrogens is 399 g/mol. The van der Waals surface area contributed by atoms with Crippen LogP contribution in [0.1, 0.15) is 30.4 Å². The number of aliphatic hydroxyl groups is 1. The van der Waals surface area contributed by atoms with Crippen LogP contribution in [0.3, 0.4) is 0 Å². The van der Waals surface area contributed by atoms with Crippen LogP contribution in [0.5, 0.6) is 5.75 Å². The van der Waals surface area contributed by atoms with Gasteiger partial charge < -0.3 is 20.3 Å². The average Bonchev–Trinajstić information content (AvgIpc) is 3.11. The molecule has 5 rings (SSSR count). The molecule has 0 radical (unpaired) electrons. The smallest absolute Gasteiger partial charge is 0.416 e. The van der Waals surface area contributed by atoms with Gasteiger partial charge in [-0.2, -0.15) is 13.2 Å². The molecule has 2 aliphatic heterocycles. The minimum atomic E-state index is -4.46. The third-order valence-electron chi connectivity index (χ3n) is 6.23. The zero-order valence-corrected chi connectivity index (χ0v) is 15.9. The highest BCUT2D eigenvalue weighted by atomic mass is 19.4. The predicted molar refractivity (Wildman–Crippen MR) is 102 cm³/mol. The lowest BCUT2D eigenvalue weighted by Gasteiger charge is -2.47. The van der Waals surface area contributed by atoms with Gasteiger partial charge in [0.25, 0.3) is 6.02 Å². The maximum absolute atomic E-state index is 13.1. The molecule has 1 aromatic heterocycles. The monoisotopic (exact) mass is 419 g/mol. The summed E-state index contributed by atoms with van der Waals surface area (Å²) >= 11 is 0. The van der Waals surface area contributed by atoms with Crippen molar-refractivity contribution in [3.05, 3.63) is 47.7 Å². The molecule has 1 aliphatic carbocycles. The van der Waals surface area contributed by atoms with Gasteiger partial charge in [-0.15, -0.1) is 0 Å². The van der Waals surface area contributed by atoms with Crippen LogP contribution in [0.4, 0.5) is 13.2 Å². The topological polar surface area (TPSA) is 90.0 Å². The van der Waals surface area contributed by atoms with Gasteiger partial charge in [-0.3, -0.25) is 4.98 Å². The Hall–Kier alpha value is -2.81. The number of benzene rings is 1. The number of ether oxygens (including phenoxy) is 2. The van der Waals surface area contributed by atoms with E-state index in [-0.39, 0.29) is 30.3 Å². The standard InChI is InChI=1S/C21H20F3N3O3/c22-21(23,24)12-5-6-26-16(8-12)11-1-3-17-14(7-11)20(10-29-19(25)27-20)15-9-13(28)2-4-18(15)30-17/h1,3,5-8,13,15,18,28H,2,4,9-10H2,(H2,25,27). The zero-order valence-electron chi connectivity index (χ0n) is 15.9. The van der Waals surface area contributed by atoms with Gasteiger partial charge in [0, 0.05) is 23.2 Å². The molecule has 2 aromatic rings. The minimum Gasteiger partial charge on any atom is -0.490 e. The first-order valence-corrected chi connectivity index (χ1v) is 9.77. The van der Waals surface area contributed by atoms with Gasteiger partial charge >= 0.3 is 6.18 Å². The lowest BCUT2D eigenvalue weighted by atomic mass is 9.67. The maximum atomic E-state index is 13.1. The number of aliphatic hydroxyl groups excluding tert-OH is 1. The van der Waals surface area contributed by atoms with Crippen molar-refractivity contribution in [3.8, 4) is 17.0 Å². The molecule has 3 heterocycles. The molecule has 158 valence electrons. The maximum Gasteiger partial charge on any atom is 0.416 e. The van der Waals surface area contributed by atoms with Crippen LogP contribution in [-0.2, 0) is 16.5 Å². The van der Waals surface area contributed by atoms with Crippen molar-refractivity contribution in [2.24, 2.45) is 16.6 Å². The van der Waals surface area contributed by atoms with Crippen LogP contribution in [0.25, 0.3) is 11.3 Å². The zero-order chi connectivity index (χ0) is 21.1. The summed E-state index contributed by atoms with van der Waals surface area (Å²) < 4.78 is 51.1. The van der Waals surface area contributed by atoms with E-state index >= 15 is 0 Å². The van der Waals surface area contributed by atoms with Gasteiger partial charge in [-0.05, 0) is 49.6 Å². The summed E-state index contributed by atoms with van der Waals surface area (Å²) in [5, 5.41) is 10.3. The first-order chi connectivity index (χ1) is 14.3. The SMILES string of the molecule is NC1=NC2(CO1)c1cc(-c3cc(C(F)(F)F)ccn3)ccc1OC1CCC(O)CC12. The average molecular weight is 419 g/mol. The Morgan fingerprint density at radius 2 is 2.00 bits per heavy atom. The number of amidine groups is 1. The van der Waals surface area contributed by atoms with Crippen molar-refractivity contribution in [1.82, 2.24) is 4.98 Å². The molecule has 0 bridgehead atoms. The van der Waals surface area contributed by atoms with E-state index in [0.717, 1.165) is 18.3 Å². The number of nitrogens with zero attached hydrogens (tertiary/aromatic N) is 2. The highest BCUT2D eigenvalue weighted by Gasteiger charge is 2.55. The Balaban J connectivity index is 1.63. The van der Waals surface area contributed by atoms with Crippen LogP contribution in [0.15, 0.2) is 41.5 Å². The highest BCUT2D eigenvalue weighted by molar-refractivity contribution is 5.75. The first-order valence-electron chi connectivity index (χ1n) is 9.77. The van der Waals surface area contributed by atoms with Gasteiger partial charge in [0.05, 0.1) is 17.4 Å². The molecule has 1 fully saturated rings. The quantitative estimate of drug-likeness (QED) is 0.741. The van der Waals surface area contributed by atoms with Gasteiger partial charge in [-0.25, -0.2) is 4.99 Å². The van der Waals surface area contributed by atoms with Crippen LogP contribution in [-0.4, -0.2) is 34.9 Å². The van der Waals surface area contributed by atoms with E-state index in [9.17, 15) is 18.3 Å². The molecule has 1 aromatic carbocycles. The lowest BCUT2D eigenvalue weighted by molar-refractivity contribution is -0.137. The van der Waals surface area contributed by atoms with Crippen LogP contribution < -0.4 is 10.5 Å². The van der Waals surface area contributed by atoms with E-state index in [1.165, 1.54) is 0 Å². The predicted octanol–water partition coefficient (Wildman–Crippen LogP) is 3.23. The van der Waals surface area contributed by atoms with Gasteiger partial charge in [-0.1, -0.05) is 0 Å². The molecular formula is C21H20F3N3O3.